The third-order valence-electron chi connectivity index (χ3n) is 2.93. The molecule has 1 rings (SSSR count). The Hall–Kier alpha value is -0.300. The van der Waals surface area contributed by atoms with Gasteiger partial charge in [-0.2, -0.15) is 0 Å². The lowest BCUT2D eigenvalue weighted by Gasteiger charge is -2.39. The van der Waals surface area contributed by atoms with Crippen molar-refractivity contribution in [1.82, 2.24) is 0 Å². The summed E-state index contributed by atoms with van der Waals surface area (Å²) in [6.07, 6.45) is 4.13. The van der Waals surface area contributed by atoms with Gasteiger partial charge in [0.1, 0.15) is 0 Å². The van der Waals surface area contributed by atoms with Crippen LogP contribution in [0.25, 0.3) is 0 Å². The van der Waals surface area contributed by atoms with E-state index in [1.807, 2.05) is 0 Å². The zero-order valence-electron chi connectivity index (χ0n) is 10.4. The summed E-state index contributed by atoms with van der Waals surface area (Å²) in [5.41, 5.74) is 1.61. The summed E-state index contributed by atoms with van der Waals surface area (Å²) < 4.78 is 6.16. The van der Waals surface area contributed by atoms with Crippen molar-refractivity contribution >= 4 is 0 Å². The predicted molar refractivity (Wildman–Crippen MR) is 68.1 cm³/mol. The van der Waals surface area contributed by atoms with Crippen molar-refractivity contribution in [2.24, 2.45) is 11.3 Å². The molecule has 0 saturated carbocycles. The SMILES string of the molecule is C.CC1=CCC(C(C)C)OC1C(C)(C)C. The minimum atomic E-state index is 0. The highest BCUT2D eigenvalue weighted by Crippen LogP contribution is 2.34. The van der Waals surface area contributed by atoms with Crippen LogP contribution >= 0.6 is 0 Å². The molecule has 2 unspecified atom stereocenters. The second-order valence-corrected chi connectivity index (χ2v) is 5.85. The lowest BCUT2D eigenvalue weighted by molar-refractivity contribution is -0.0710. The number of rotatable bonds is 1. The smallest absolute Gasteiger partial charge is 0.0834 e. The van der Waals surface area contributed by atoms with Gasteiger partial charge in [0.2, 0.25) is 0 Å². The Balaban J connectivity index is 0.00000196. The van der Waals surface area contributed by atoms with Gasteiger partial charge in [-0.05, 0) is 30.3 Å². The first kappa shape index (κ1) is 14.7. The van der Waals surface area contributed by atoms with Crippen molar-refractivity contribution in [1.29, 1.82) is 0 Å². The van der Waals surface area contributed by atoms with Crippen LogP contribution < -0.4 is 0 Å². The van der Waals surface area contributed by atoms with Gasteiger partial charge in [-0.15, -0.1) is 0 Å². The van der Waals surface area contributed by atoms with E-state index < -0.39 is 0 Å². The molecule has 0 aromatic rings. The zero-order valence-corrected chi connectivity index (χ0v) is 10.4. The number of hydrogen-bond acceptors (Lipinski definition) is 1. The van der Waals surface area contributed by atoms with Gasteiger partial charge in [-0.25, -0.2) is 0 Å². The highest BCUT2D eigenvalue weighted by molar-refractivity contribution is 5.12. The van der Waals surface area contributed by atoms with Gasteiger partial charge in [0.05, 0.1) is 12.2 Å². The normalized spacial score (nSPS) is 27.3. The van der Waals surface area contributed by atoms with E-state index in [-0.39, 0.29) is 12.8 Å². The van der Waals surface area contributed by atoms with Crippen molar-refractivity contribution < 1.29 is 4.74 Å². The van der Waals surface area contributed by atoms with Crippen LogP contribution in [0.5, 0.6) is 0 Å². The average molecular weight is 212 g/mol. The summed E-state index contributed by atoms with van der Waals surface area (Å²) >= 11 is 0. The van der Waals surface area contributed by atoms with Gasteiger partial charge in [0.15, 0.2) is 0 Å². The highest BCUT2D eigenvalue weighted by atomic mass is 16.5. The molecular weight excluding hydrogens is 184 g/mol. The maximum absolute atomic E-state index is 6.16. The Morgan fingerprint density at radius 1 is 1.33 bits per heavy atom. The second kappa shape index (κ2) is 5.16. The maximum Gasteiger partial charge on any atom is 0.0834 e. The molecule has 1 heterocycles. The van der Waals surface area contributed by atoms with E-state index in [2.05, 4.69) is 47.6 Å². The molecule has 2 atom stereocenters. The molecule has 0 aromatic carbocycles. The van der Waals surface area contributed by atoms with E-state index in [0.717, 1.165) is 6.42 Å². The molecule has 0 aromatic heterocycles. The number of ether oxygens (including phenoxy) is 1. The van der Waals surface area contributed by atoms with E-state index >= 15 is 0 Å². The van der Waals surface area contributed by atoms with Crippen LogP contribution in [0.15, 0.2) is 11.6 Å². The van der Waals surface area contributed by atoms with Crippen molar-refractivity contribution in [2.45, 2.75) is 67.6 Å². The van der Waals surface area contributed by atoms with Crippen LogP contribution in [0.4, 0.5) is 0 Å². The van der Waals surface area contributed by atoms with E-state index in [1.165, 1.54) is 5.57 Å². The van der Waals surface area contributed by atoms with Gasteiger partial charge in [0, 0.05) is 0 Å². The Bertz CT molecular complexity index is 220. The fourth-order valence-electron chi connectivity index (χ4n) is 2.06. The molecule has 90 valence electrons. The van der Waals surface area contributed by atoms with Crippen LogP contribution in [0.2, 0.25) is 0 Å². The van der Waals surface area contributed by atoms with Crippen molar-refractivity contribution in [2.75, 3.05) is 0 Å². The Morgan fingerprint density at radius 3 is 2.27 bits per heavy atom. The average Bonchev–Trinajstić information content (AvgIpc) is 2.02. The molecule has 0 fully saturated rings. The van der Waals surface area contributed by atoms with Crippen molar-refractivity contribution in [3.63, 3.8) is 0 Å². The molecule has 1 nitrogen and oxygen atoms in total. The molecule has 1 aliphatic rings. The first-order valence-corrected chi connectivity index (χ1v) is 5.64. The topological polar surface area (TPSA) is 9.23 Å². The Kier molecular flexibility index (Phi) is 5.05. The molecule has 0 amide bonds. The molecule has 15 heavy (non-hydrogen) atoms. The largest absolute Gasteiger partial charge is 0.370 e. The Morgan fingerprint density at radius 2 is 1.87 bits per heavy atom. The van der Waals surface area contributed by atoms with Crippen molar-refractivity contribution in [3.8, 4) is 0 Å². The summed E-state index contributed by atoms with van der Waals surface area (Å²) in [6, 6.07) is 0. The molecular formula is C14H28O. The second-order valence-electron chi connectivity index (χ2n) is 5.85. The monoisotopic (exact) mass is 212 g/mol. The summed E-state index contributed by atoms with van der Waals surface area (Å²) in [4.78, 5) is 0. The summed E-state index contributed by atoms with van der Waals surface area (Å²) in [7, 11) is 0. The lowest BCUT2D eigenvalue weighted by Crippen LogP contribution is -2.38. The first-order valence-electron chi connectivity index (χ1n) is 5.64. The van der Waals surface area contributed by atoms with Gasteiger partial charge in [-0.1, -0.05) is 48.1 Å². The molecule has 0 bridgehead atoms. The third-order valence-corrected chi connectivity index (χ3v) is 2.93. The molecule has 1 aliphatic heterocycles. The zero-order chi connectivity index (χ0) is 10.9. The van der Waals surface area contributed by atoms with Crippen molar-refractivity contribution in [3.05, 3.63) is 11.6 Å². The molecule has 0 aliphatic carbocycles. The van der Waals surface area contributed by atoms with Gasteiger partial charge >= 0.3 is 0 Å². The molecule has 0 saturated heterocycles. The highest BCUT2D eigenvalue weighted by Gasteiger charge is 2.32. The first-order chi connectivity index (χ1) is 6.32. The van der Waals surface area contributed by atoms with Crippen LogP contribution in [0.1, 0.15) is 55.4 Å². The lowest BCUT2D eigenvalue weighted by atomic mass is 9.82. The molecule has 0 spiro atoms. The van der Waals surface area contributed by atoms with E-state index in [4.69, 9.17) is 4.74 Å². The van der Waals surface area contributed by atoms with E-state index in [1.54, 1.807) is 0 Å². The van der Waals surface area contributed by atoms with Crippen LogP contribution in [0, 0.1) is 11.3 Å². The third kappa shape index (κ3) is 3.64. The minimum absolute atomic E-state index is 0. The fraction of sp³-hybridized carbons (Fsp3) is 0.857. The summed E-state index contributed by atoms with van der Waals surface area (Å²) in [5.74, 6) is 0.615. The van der Waals surface area contributed by atoms with E-state index in [9.17, 15) is 0 Å². The van der Waals surface area contributed by atoms with Crippen LogP contribution in [-0.4, -0.2) is 12.2 Å². The molecule has 0 N–H and O–H groups in total. The van der Waals surface area contributed by atoms with Crippen LogP contribution in [-0.2, 0) is 4.74 Å². The molecule has 1 heteroatoms. The summed E-state index contributed by atoms with van der Waals surface area (Å²) in [6.45, 7) is 13.4. The van der Waals surface area contributed by atoms with E-state index in [0.29, 0.717) is 18.1 Å². The van der Waals surface area contributed by atoms with Crippen LogP contribution in [0.3, 0.4) is 0 Å². The van der Waals surface area contributed by atoms with Gasteiger partial charge in [-0.3, -0.25) is 0 Å². The number of hydrogen-bond donors (Lipinski definition) is 0. The van der Waals surface area contributed by atoms with Gasteiger partial charge in [0.25, 0.3) is 0 Å². The maximum atomic E-state index is 6.16. The predicted octanol–water partition coefficient (Wildman–Crippen LogP) is 4.43. The standard InChI is InChI=1S/C13H24O.CH4/c1-9(2)11-8-7-10(3)12(14-11)13(4,5)6;/h7,9,11-12H,8H2,1-6H3;1H4. The quantitative estimate of drug-likeness (QED) is 0.584. The minimum Gasteiger partial charge on any atom is -0.370 e. The fourth-order valence-corrected chi connectivity index (χ4v) is 2.06. The summed E-state index contributed by atoms with van der Waals surface area (Å²) in [5, 5.41) is 0. The van der Waals surface area contributed by atoms with Gasteiger partial charge < -0.3 is 4.74 Å². The molecule has 0 radical (unpaired) electrons. The Labute approximate surface area is 95.9 Å².